The number of aromatic nitrogens is 2. The second-order valence-electron chi connectivity index (χ2n) is 6.79. The zero-order valence-electron chi connectivity index (χ0n) is 15.4. The molecule has 0 unspecified atom stereocenters. The number of benzene rings is 2. The monoisotopic (exact) mass is 359 g/mol. The fourth-order valence-electron chi connectivity index (χ4n) is 3.52. The average Bonchev–Trinajstić information content (AvgIpc) is 3.20. The van der Waals surface area contributed by atoms with Crippen LogP contribution in [-0.4, -0.2) is 40.2 Å². The molecule has 1 aliphatic rings. The fraction of sp³-hybridized carbons (Fsp3) is 0.238. The van der Waals surface area contributed by atoms with Crippen molar-refractivity contribution < 1.29 is 9.44 Å². The van der Waals surface area contributed by atoms with Crippen LogP contribution in [0, 0.1) is 0 Å². The van der Waals surface area contributed by atoms with E-state index in [9.17, 15) is 5.02 Å². The molecular weight excluding hydrogens is 337 g/mol. The largest absolute Gasteiger partial charge is 0.437 e. The molecule has 136 valence electrons. The summed E-state index contributed by atoms with van der Waals surface area (Å²) < 4.78 is 6.07. The molecule has 0 atom stereocenters. The molecule has 5 nitrogen and oxygen atoms in total. The molecule has 2 aromatic carbocycles. The predicted octanol–water partition coefficient (Wildman–Crippen LogP) is 3.74. The predicted molar refractivity (Wildman–Crippen MR) is 107 cm³/mol. The number of hydrogen-bond acceptors (Lipinski definition) is 5. The summed E-state index contributed by atoms with van der Waals surface area (Å²) in [6, 6.07) is 20.0. The maximum atomic E-state index is 9.83. The second kappa shape index (κ2) is 7.90. The first-order valence-corrected chi connectivity index (χ1v) is 9.31. The smallest absolute Gasteiger partial charge is 0.376 e. The van der Waals surface area contributed by atoms with Crippen molar-refractivity contribution in [2.75, 3.05) is 13.1 Å². The Morgan fingerprint density at radius 3 is 2.22 bits per heavy atom. The molecule has 4 rings (SSSR count). The van der Waals surface area contributed by atoms with Gasteiger partial charge < -0.3 is 14.3 Å². The van der Waals surface area contributed by atoms with Crippen LogP contribution in [0.1, 0.15) is 24.3 Å². The summed E-state index contributed by atoms with van der Waals surface area (Å²) in [6.45, 7) is 3.46. The third kappa shape index (κ3) is 3.87. The number of hydrogen-bond donors (Lipinski definition) is 1. The van der Waals surface area contributed by atoms with Gasteiger partial charge in [0.05, 0.1) is 0 Å². The molecule has 1 N–H and O–H groups in total. The summed E-state index contributed by atoms with van der Waals surface area (Å²) in [5.41, 5.74) is 4.32. The maximum absolute atomic E-state index is 9.83. The normalized spacial score (nSPS) is 15.0. The molecule has 0 bridgehead atoms. The van der Waals surface area contributed by atoms with E-state index < -0.39 is 7.05 Å². The van der Waals surface area contributed by atoms with Gasteiger partial charge in [-0.1, -0.05) is 54.1 Å². The van der Waals surface area contributed by atoms with Gasteiger partial charge in [-0.2, -0.15) is 0 Å². The molecule has 0 amide bonds. The minimum Gasteiger partial charge on any atom is -0.437 e. The Morgan fingerprint density at radius 2 is 1.59 bits per heavy atom. The maximum Gasteiger partial charge on any atom is 0.376 e. The number of rotatable bonds is 4. The molecule has 2 heterocycles. The third-order valence-electron chi connectivity index (χ3n) is 5.01. The van der Waals surface area contributed by atoms with Crippen molar-refractivity contribution in [3.8, 4) is 11.5 Å². The van der Waals surface area contributed by atoms with Gasteiger partial charge in [0.25, 0.3) is 0 Å². The lowest BCUT2D eigenvalue weighted by Gasteiger charge is -2.30. The molecule has 3 aromatic rings. The van der Waals surface area contributed by atoms with Gasteiger partial charge in [0.2, 0.25) is 11.8 Å². The Hall–Kier alpha value is -2.70. The van der Waals surface area contributed by atoms with E-state index in [1.54, 1.807) is 0 Å². The molecule has 0 saturated carbocycles. The van der Waals surface area contributed by atoms with Crippen LogP contribution < -0.4 is 0 Å². The molecular formula is C21H22BN3O2. The van der Waals surface area contributed by atoms with Crippen LogP contribution in [0.4, 0.5) is 0 Å². The van der Waals surface area contributed by atoms with E-state index in [1.807, 2.05) is 55.4 Å². The first-order chi connectivity index (χ1) is 13.2. The van der Waals surface area contributed by atoms with Gasteiger partial charge in [0, 0.05) is 11.1 Å². The fourth-order valence-corrected chi connectivity index (χ4v) is 3.52. The molecule has 0 radical (unpaired) electrons. The van der Waals surface area contributed by atoms with Crippen LogP contribution in [-0.2, 0) is 0 Å². The van der Waals surface area contributed by atoms with Crippen LogP contribution in [0.2, 0.25) is 6.82 Å². The topological polar surface area (TPSA) is 62.4 Å². The number of nitrogens with zero attached hydrogens (tertiary/aromatic N) is 3. The van der Waals surface area contributed by atoms with Crippen molar-refractivity contribution in [2.45, 2.75) is 19.7 Å². The Morgan fingerprint density at radius 1 is 0.963 bits per heavy atom. The van der Waals surface area contributed by atoms with E-state index in [1.165, 1.54) is 5.57 Å². The van der Waals surface area contributed by atoms with E-state index >= 15 is 0 Å². The molecule has 0 spiro atoms. The minimum atomic E-state index is -0.417. The van der Waals surface area contributed by atoms with Crippen LogP contribution in [0.3, 0.4) is 0 Å². The van der Waals surface area contributed by atoms with Gasteiger partial charge >= 0.3 is 7.05 Å². The van der Waals surface area contributed by atoms with E-state index in [4.69, 9.17) is 4.42 Å². The van der Waals surface area contributed by atoms with Crippen molar-refractivity contribution in [1.82, 2.24) is 15.0 Å². The van der Waals surface area contributed by atoms with E-state index in [0.29, 0.717) is 11.8 Å². The van der Waals surface area contributed by atoms with Crippen molar-refractivity contribution in [2.24, 2.45) is 0 Å². The Bertz CT molecular complexity index is 913. The van der Waals surface area contributed by atoms with Crippen molar-refractivity contribution in [1.29, 1.82) is 0 Å². The lowest BCUT2D eigenvalue weighted by Crippen LogP contribution is -2.41. The molecule has 6 heteroatoms. The highest BCUT2D eigenvalue weighted by atomic mass is 16.4. The molecule has 1 saturated heterocycles. The van der Waals surface area contributed by atoms with Crippen LogP contribution in [0.5, 0.6) is 0 Å². The number of piperidine rings is 1. The standard InChI is InChI=1S/C21H22BN3O2/c1-22(26)25-14-12-17(13-15-25)19(16-8-4-2-5-9-16)21-24-23-20(27-21)18-10-6-3-7-11-18/h2-11,26H,12-15H2,1H3. The average molecular weight is 359 g/mol. The van der Waals surface area contributed by atoms with E-state index in [0.717, 1.165) is 42.6 Å². The molecule has 1 fully saturated rings. The molecule has 27 heavy (non-hydrogen) atoms. The molecule has 1 aromatic heterocycles. The summed E-state index contributed by atoms with van der Waals surface area (Å²) in [5, 5.41) is 18.5. The van der Waals surface area contributed by atoms with E-state index in [-0.39, 0.29) is 0 Å². The second-order valence-corrected chi connectivity index (χ2v) is 6.79. The van der Waals surface area contributed by atoms with Crippen LogP contribution in [0.25, 0.3) is 17.0 Å². The van der Waals surface area contributed by atoms with Crippen molar-refractivity contribution in [3.63, 3.8) is 0 Å². The lowest BCUT2D eigenvalue weighted by atomic mass is 9.81. The highest BCUT2D eigenvalue weighted by Gasteiger charge is 2.25. The van der Waals surface area contributed by atoms with Crippen LogP contribution in [0.15, 0.2) is 70.7 Å². The zero-order chi connectivity index (χ0) is 18.6. The Balaban J connectivity index is 1.72. The summed E-state index contributed by atoms with van der Waals surface area (Å²) in [7, 11) is -0.417. The van der Waals surface area contributed by atoms with Gasteiger partial charge in [0.1, 0.15) is 0 Å². The minimum absolute atomic E-state index is 0.417. The first-order valence-electron chi connectivity index (χ1n) is 9.31. The highest BCUT2D eigenvalue weighted by Crippen LogP contribution is 2.33. The van der Waals surface area contributed by atoms with Gasteiger partial charge in [-0.25, -0.2) is 0 Å². The summed E-state index contributed by atoms with van der Waals surface area (Å²) in [5.74, 6) is 1.08. The van der Waals surface area contributed by atoms with Gasteiger partial charge in [-0.3, -0.25) is 0 Å². The van der Waals surface area contributed by atoms with E-state index in [2.05, 4.69) is 27.1 Å². The molecule has 0 aliphatic carbocycles. The third-order valence-corrected chi connectivity index (χ3v) is 5.01. The van der Waals surface area contributed by atoms with Crippen LogP contribution >= 0.6 is 0 Å². The van der Waals surface area contributed by atoms with Crippen molar-refractivity contribution in [3.05, 3.63) is 77.7 Å². The Labute approximate surface area is 159 Å². The quantitative estimate of drug-likeness (QED) is 0.719. The lowest BCUT2D eigenvalue weighted by molar-refractivity contribution is 0.345. The SMILES string of the molecule is CB(O)N1CCC(=C(c2ccccc2)c2nnc(-c3ccccc3)o2)CC1. The first kappa shape index (κ1) is 17.7. The van der Waals surface area contributed by atoms with Gasteiger partial charge in [-0.15, -0.1) is 10.2 Å². The zero-order valence-corrected chi connectivity index (χ0v) is 15.4. The van der Waals surface area contributed by atoms with Gasteiger partial charge in [0.15, 0.2) is 0 Å². The highest BCUT2D eigenvalue weighted by molar-refractivity contribution is 6.45. The van der Waals surface area contributed by atoms with Crippen molar-refractivity contribution >= 4 is 12.6 Å². The van der Waals surface area contributed by atoms with Gasteiger partial charge in [-0.05, 0) is 50.5 Å². The summed E-state index contributed by atoms with van der Waals surface area (Å²) in [6.07, 6.45) is 1.75. The molecule has 1 aliphatic heterocycles. The Kier molecular flexibility index (Phi) is 5.18. The summed E-state index contributed by atoms with van der Waals surface area (Å²) in [4.78, 5) is 2.08. The summed E-state index contributed by atoms with van der Waals surface area (Å²) >= 11 is 0.